The monoisotopic (exact) mass is 223 g/mol. The number of nitrogens with zero attached hydrogens (tertiary/aromatic N) is 1. The van der Waals surface area contributed by atoms with Crippen LogP contribution in [0.3, 0.4) is 0 Å². The van der Waals surface area contributed by atoms with E-state index in [0.717, 1.165) is 0 Å². The fourth-order valence-corrected chi connectivity index (χ4v) is 1.21. The first-order chi connectivity index (χ1) is 7.41. The van der Waals surface area contributed by atoms with Crippen molar-refractivity contribution in [3.05, 3.63) is 39.4 Å². The van der Waals surface area contributed by atoms with Crippen molar-refractivity contribution >= 4 is 17.4 Å². The molecule has 0 aliphatic rings. The molecule has 1 N–H and O–H groups in total. The van der Waals surface area contributed by atoms with Crippen molar-refractivity contribution < 1.29 is 19.6 Å². The van der Waals surface area contributed by atoms with E-state index in [0.29, 0.717) is 11.1 Å². The first-order valence-corrected chi connectivity index (χ1v) is 4.42. The zero-order valence-corrected chi connectivity index (χ0v) is 8.47. The summed E-state index contributed by atoms with van der Waals surface area (Å²) in [7, 11) is 0. The second-order valence-corrected chi connectivity index (χ2v) is 3.27. The van der Waals surface area contributed by atoms with E-state index in [1.54, 1.807) is 6.92 Å². The number of Topliss-reactive ketones (excluding diaryl/α,β-unsaturated/α-hetero) is 1. The van der Waals surface area contributed by atoms with E-state index in [-0.39, 0.29) is 12.1 Å². The number of hydrogen-bond donors (Lipinski definition) is 1. The molecule has 6 nitrogen and oxygen atoms in total. The lowest BCUT2D eigenvalue weighted by atomic mass is 10.0. The molecule has 0 radical (unpaired) electrons. The van der Waals surface area contributed by atoms with E-state index < -0.39 is 16.7 Å². The normalized spacial score (nSPS) is 9.81. The molecule has 0 bridgehead atoms. The van der Waals surface area contributed by atoms with E-state index in [9.17, 15) is 19.7 Å². The molecule has 84 valence electrons. The Morgan fingerprint density at radius 2 is 2.06 bits per heavy atom. The Bertz CT molecular complexity index is 466. The Hall–Kier alpha value is -2.24. The van der Waals surface area contributed by atoms with Crippen LogP contribution in [0.5, 0.6) is 0 Å². The zero-order valence-electron chi connectivity index (χ0n) is 8.47. The van der Waals surface area contributed by atoms with Crippen molar-refractivity contribution in [3.8, 4) is 0 Å². The van der Waals surface area contributed by atoms with E-state index in [4.69, 9.17) is 5.11 Å². The number of non-ortho nitro benzene ring substituents is 1. The Kier molecular flexibility index (Phi) is 3.34. The van der Waals surface area contributed by atoms with Gasteiger partial charge < -0.3 is 5.11 Å². The minimum Gasteiger partial charge on any atom is -0.475 e. The van der Waals surface area contributed by atoms with Crippen molar-refractivity contribution in [1.82, 2.24) is 0 Å². The number of carbonyl (C=O) groups is 2. The van der Waals surface area contributed by atoms with Gasteiger partial charge in [-0.05, 0) is 18.1 Å². The third-order valence-corrected chi connectivity index (χ3v) is 2.13. The van der Waals surface area contributed by atoms with Crippen LogP contribution in [0.15, 0.2) is 18.2 Å². The number of ketones is 1. The molecule has 6 heteroatoms. The van der Waals surface area contributed by atoms with Gasteiger partial charge in [-0.3, -0.25) is 14.9 Å². The number of aryl methyl sites for hydroxylation is 1. The van der Waals surface area contributed by atoms with E-state index in [1.807, 2.05) is 0 Å². The summed E-state index contributed by atoms with van der Waals surface area (Å²) in [6.07, 6.45) is -0.331. The van der Waals surface area contributed by atoms with Gasteiger partial charge in [-0.25, -0.2) is 4.79 Å². The lowest BCUT2D eigenvalue weighted by Crippen LogP contribution is -2.15. The molecule has 0 aliphatic carbocycles. The predicted octanol–water partition coefficient (Wildman–Crippen LogP) is 1.10. The molecule has 1 aromatic carbocycles. The molecular formula is C10H9NO5. The summed E-state index contributed by atoms with van der Waals surface area (Å²) in [5, 5.41) is 18.9. The van der Waals surface area contributed by atoms with Gasteiger partial charge in [-0.2, -0.15) is 0 Å². The van der Waals surface area contributed by atoms with Crippen LogP contribution in [0.25, 0.3) is 0 Å². The topological polar surface area (TPSA) is 97.5 Å². The van der Waals surface area contributed by atoms with Gasteiger partial charge in [0.15, 0.2) is 0 Å². The predicted molar refractivity (Wildman–Crippen MR) is 54.2 cm³/mol. The minimum absolute atomic E-state index is 0.154. The Morgan fingerprint density at radius 3 is 2.56 bits per heavy atom. The molecule has 0 spiro atoms. The summed E-state index contributed by atoms with van der Waals surface area (Å²) >= 11 is 0. The number of rotatable bonds is 4. The van der Waals surface area contributed by atoms with Gasteiger partial charge in [0.25, 0.3) is 5.69 Å². The van der Waals surface area contributed by atoms with Crippen molar-refractivity contribution in [2.45, 2.75) is 13.3 Å². The Morgan fingerprint density at radius 1 is 1.44 bits per heavy atom. The number of nitro benzene ring substituents is 1. The fraction of sp³-hybridized carbons (Fsp3) is 0.200. The van der Waals surface area contributed by atoms with E-state index in [1.165, 1.54) is 18.2 Å². The molecule has 0 aromatic heterocycles. The average molecular weight is 223 g/mol. The van der Waals surface area contributed by atoms with Crippen molar-refractivity contribution in [2.24, 2.45) is 0 Å². The third kappa shape index (κ3) is 2.63. The van der Waals surface area contributed by atoms with Crippen LogP contribution in [0, 0.1) is 17.0 Å². The number of benzene rings is 1. The highest BCUT2D eigenvalue weighted by molar-refractivity contribution is 6.33. The zero-order chi connectivity index (χ0) is 12.3. The van der Waals surface area contributed by atoms with Gasteiger partial charge in [0, 0.05) is 18.6 Å². The van der Waals surface area contributed by atoms with Crippen molar-refractivity contribution in [2.75, 3.05) is 0 Å². The standard InChI is InChI=1S/C10H9NO5/c1-6-2-3-8(11(15)16)4-7(6)5-9(12)10(13)14/h2-4H,5H2,1H3,(H,13,14). The summed E-state index contributed by atoms with van der Waals surface area (Å²) in [5.41, 5.74) is 0.862. The van der Waals surface area contributed by atoms with E-state index >= 15 is 0 Å². The molecule has 0 aliphatic heterocycles. The fourth-order valence-electron chi connectivity index (χ4n) is 1.21. The molecule has 0 saturated heterocycles. The molecule has 1 aromatic rings. The summed E-state index contributed by atoms with van der Waals surface area (Å²) in [6.45, 7) is 1.66. The van der Waals surface area contributed by atoms with Gasteiger partial charge in [-0.15, -0.1) is 0 Å². The lowest BCUT2D eigenvalue weighted by Gasteiger charge is -2.02. The minimum atomic E-state index is -1.54. The molecule has 1 rings (SSSR count). The molecule has 0 fully saturated rings. The van der Waals surface area contributed by atoms with Crippen LogP contribution in [0.2, 0.25) is 0 Å². The summed E-state index contributed by atoms with van der Waals surface area (Å²) in [6, 6.07) is 4.02. The largest absolute Gasteiger partial charge is 0.475 e. The number of carbonyl (C=O) groups excluding carboxylic acids is 1. The number of aliphatic carboxylic acids is 1. The van der Waals surface area contributed by atoms with Gasteiger partial charge >= 0.3 is 5.97 Å². The number of hydrogen-bond acceptors (Lipinski definition) is 4. The maximum Gasteiger partial charge on any atom is 0.372 e. The smallest absolute Gasteiger partial charge is 0.372 e. The first kappa shape index (κ1) is 11.8. The SMILES string of the molecule is Cc1ccc([N+](=O)[O-])cc1CC(=O)C(=O)O. The van der Waals surface area contributed by atoms with Crippen molar-refractivity contribution in [1.29, 1.82) is 0 Å². The first-order valence-electron chi connectivity index (χ1n) is 4.42. The average Bonchev–Trinajstić information content (AvgIpc) is 2.20. The van der Waals surface area contributed by atoms with Crippen LogP contribution in [0.4, 0.5) is 5.69 Å². The van der Waals surface area contributed by atoms with Gasteiger partial charge in [-0.1, -0.05) is 6.07 Å². The maximum absolute atomic E-state index is 11.0. The number of carboxylic acid groups (broad SMARTS) is 1. The maximum atomic E-state index is 11.0. The second-order valence-electron chi connectivity index (χ2n) is 3.27. The van der Waals surface area contributed by atoms with Crippen LogP contribution in [0.1, 0.15) is 11.1 Å². The van der Waals surface area contributed by atoms with Crippen LogP contribution >= 0.6 is 0 Å². The molecule has 0 amide bonds. The van der Waals surface area contributed by atoms with Gasteiger partial charge in [0.05, 0.1) is 4.92 Å². The highest BCUT2D eigenvalue weighted by atomic mass is 16.6. The third-order valence-electron chi connectivity index (χ3n) is 2.13. The number of carboxylic acids is 1. The highest BCUT2D eigenvalue weighted by Gasteiger charge is 2.16. The molecule has 0 atom stereocenters. The Balaban J connectivity index is 3.03. The molecule has 0 saturated carbocycles. The van der Waals surface area contributed by atoms with Crippen LogP contribution < -0.4 is 0 Å². The second kappa shape index (κ2) is 4.52. The van der Waals surface area contributed by atoms with Crippen LogP contribution in [-0.4, -0.2) is 21.8 Å². The molecule has 0 heterocycles. The van der Waals surface area contributed by atoms with Crippen molar-refractivity contribution in [3.63, 3.8) is 0 Å². The summed E-state index contributed by atoms with van der Waals surface area (Å²) < 4.78 is 0. The quantitative estimate of drug-likeness (QED) is 0.468. The van der Waals surface area contributed by atoms with Gasteiger partial charge in [0.2, 0.25) is 5.78 Å². The summed E-state index contributed by atoms with van der Waals surface area (Å²) in [5.74, 6) is -2.52. The Labute approximate surface area is 90.7 Å². The molecule has 0 unspecified atom stereocenters. The molecular weight excluding hydrogens is 214 g/mol. The highest BCUT2D eigenvalue weighted by Crippen LogP contribution is 2.17. The van der Waals surface area contributed by atoms with Crippen LogP contribution in [-0.2, 0) is 16.0 Å². The summed E-state index contributed by atoms with van der Waals surface area (Å²) in [4.78, 5) is 31.2. The number of nitro groups is 1. The van der Waals surface area contributed by atoms with E-state index in [2.05, 4.69) is 0 Å². The molecule has 16 heavy (non-hydrogen) atoms. The lowest BCUT2D eigenvalue weighted by molar-refractivity contribution is -0.384. The van der Waals surface area contributed by atoms with Gasteiger partial charge in [0.1, 0.15) is 0 Å².